The van der Waals surface area contributed by atoms with Crippen molar-refractivity contribution in [3.63, 3.8) is 0 Å². The van der Waals surface area contributed by atoms with Gasteiger partial charge in [0.2, 0.25) is 0 Å². The monoisotopic (exact) mass is 215 g/mol. The number of methoxy groups -OCH3 is 1. The summed E-state index contributed by atoms with van der Waals surface area (Å²) in [5, 5.41) is 3.64. The zero-order chi connectivity index (χ0) is 11.7. The number of rotatable bonds is 9. The molecule has 0 aromatic heterocycles. The average molecular weight is 215 g/mol. The minimum absolute atomic E-state index is 0.653. The molecule has 15 heavy (non-hydrogen) atoms. The Kier molecular flexibility index (Phi) is 9.12. The molecule has 0 saturated carbocycles. The Balaban J connectivity index is 4.20. The van der Waals surface area contributed by atoms with Crippen molar-refractivity contribution in [2.24, 2.45) is 11.8 Å². The smallest absolute Gasteiger partial charge is 0.0465 e. The average Bonchev–Trinajstić information content (AvgIpc) is 2.26. The Hall–Kier alpha value is -0.0800. The van der Waals surface area contributed by atoms with Crippen molar-refractivity contribution in [3.05, 3.63) is 0 Å². The van der Waals surface area contributed by atoms with Crippen LogP contribution >= 0.6 is 0 Å². The lowest BCUT2D eigenvalue weighted by atomic mass is 9.84. The molecule has 0 aromatic rings. The molecule has 2 heteroatoms. The van der Waals surface area contributed by atoms with Crippen LogP contribution in [0.15, 0.2) is 0 Å². The lowest BCUT2D eigenvalue weighted by Gasteiger charge is -2.31. The topological polar surface area (TPSA) is 21.3 Å². The fraction of sp³-hybridized carbons (Fsp3) is 1.00. The molecule has 0 aromatic carbocycles. The van der Waals surface area contributed by atoms with Crippen molar-refractivity contribution < 1.29 is 4.74 Å². The van der Waals surface area contributed by atoms with Crippen molar-refractivity contribution in [1.29, 1.82) is 0 Å². The van der Waals surface area contributed by atoms with E-state index < -0.39 is 0 Å². The molecule has 0 spiro atoms. The summed E-state index contributed by atoms with van der Waals surface area (Å²) in [6.07, 6.45) is 3.70. The Morgan fingerprint density at radius 3 is 2.13 bits per heavy atom. The minimum atomic E-state index is 0.653. The third kappa shape index (κ3) is 5.53. The van der Waals surface area contributed by atoms with Crippen molar-refractivity contribution in [2.75, 3.05) is 20.3 Å². The van der Waals surface area contributed by atoms with E-state index in [4.69, 9.17) is 4.74 Å². The lowest BCUT2D eigenvalue weighted by Crippen LogP contribution is -2.41. The molecular weight excluding hydrogens is 186 g/mol. The normalized spacial score (nSPS) is 15.6. The molecule has 0 rings (SSSR count). The maximum Gasteiger partial charge on any atom is 0.0465 e. The highest BCUT2D eigenvalue weighted by molar-refractivity contribution is 4.79. The van der Waals surface area contributed by atoms with Gasteiger partial charge < -0.3 is 10.1 Å². The molecule has 2 unspecified atom stereocenters. The van der Waals surface area contributed by atoms with Crippen LogP contribution in [0.3, 0.4) is 0 Å². The summed E-state index contributed by atoms with van der Waals surface area (Å²) in [5.74, 6) is 1.51. The second-order valence-electron chi connectivity index (χ2n) is 4.42. The standard InChI is InChI=1S/C13H29NO/c1-6-12(7-2)13(14-8-3)11(4)9-10-15-5/h11-14H,6-10H2,1-5H3. The molecule has 0 aliphatic carbocycles. The summed E-state index contributed by atoms with van der Waals surface area (Å²) in [6.45, 7) is 11.1. The highest BCUT2D eigenvalue weighted by Crippen LogP contribution is 2.22. The van der Waals surface area contributed by atoms with Gasteiger partial charge in [0, 0.05) is 19.8 Å². The summed E-state index contributed by atoms with van der Waals surface area (Å²) in [4.78, 5) is 0. The van der Waals surface area contributed by atoms with Gasteiger partial charge in [-0.3, -0.25) is 0 Å². The van der Waals surface area contributed by atoms with Crippen LogP contribution in [0, 0.1) is 11.8 Å². The van der Waals surface area contributed by atoms with E-state index in [1.807, 2.05) is 0 Å². The van der Waals surface area contributed by atoms with Crippen molar-refractivity contribution in [1.82, 2.24) is 5.32 Å². The summed E-state index contributed by atoms with van der Waals surface area (Å²) in [6, 6.07) is 0.653. The van der Waals surface area contributed by atoms with Gasteiger partial charge >= 0.3 is 0 Å². The summed E-state index contributed by atoms with van der Waals surface area (Å²) < 4.78 is 5.16. The molecule has 2 nitrogen and oxygen atoms in total. The van der Waals surface area contributed by atoms with Crippen molar-refractivity contribution in [2.45, 2.75) is 53.0 Å². The highest BCUT2D eigenvalue weighted by Gasteiger charge is 2.23. The van der Waals surface area contributed by atoms with E-state index in [0.717, 1.165) is 25.5 Å². The first-order chi connectivity index (χ1) is 7.21. The van der Waals surface area contributed by atoms with E-state index in [0.29, 0.717) is 12.0 Å². The fourth-order valence-electron chi connectivity index (χ4n) is 2.35. The number of nitrogens with one attached hydrogen (secondary N) is 1. The van der Waals surface area contributed by atoms with E-state index in [1.54, 1.807) is 7.11 Å². The maximum atomic E-state index is 5.16. The van der Waals surface area contributed by atoms with E-state index in [2.05, 4.69) is 33.0 Å². The van der Waals surface area contributed by atoms with Crippen LogP contribution in [0.1, 0.15) is 47.0 Å². The molecule has 1 N–H and O–H groups in total. The minimum Gasteiger partial charge on any atom is -0.385 e. The van der Waals surface area contributed by atoms with E-state index in [-0.39, 0.29) is 0 Å². The predicted molar refractivity (Wildman–Crippen MR) is 67.2 cm³/mol. The molecule has 0 amide bonds. The molecule has 0 aliphatic heterocycles. The SMILES string of the molecule is CCNC(C(C)CCOC)C(CC)CC. The van der Waals surface area contributed by atoms with Gasteiger partial charge in [-0.2, -0.15) is 0 Å². The van der Waals surface area contributed by atoms with Gasteiger partial charge in [-0.25, -0.2) is 0 Å². The van der Waals surface area contributed by atoms with Gasteiger partial charge in [-0.1, -0.05) is 40.5 Å². The third-order valence-electron chi connectivity index (χ3n) is 3.39. The number of hydrogen-bond donors (Lipinski definition) is 1. The Bertz CT molecular complexity index is 134. The first-order valence-corrected chi connectivity index (χ1v) is 6.43. The van der Waals surface area contributed by atoms with Crippen LogP contribution in [0.25, 0.3) is 0 Å². The second-order valence-corrected chi connectivity index (χ2v) is 4.42. The summed E-state index contributed by atoms with van der Waals surface area (Å²) in [5.41, 5.74) is 0. The van der Waals surface area contributed by atoms with E-state index in [9.17, 15) is 0 Å². The molecule has 0 fully saturated rings. The van der Waals surface area contributed by atoms with Crippen LogP contribution in [0.2, 0.25) is 0 Å². The molecule has 0 heterocycles. The maximum absolute atomic E-state index is 5.16. The van der Waals surface area contributed by atoms with Crippen molar-refractivity contribution in [3.8, 4) is 0 Å². The zero-order valence-corrected chi connectivity index (χ0v) is 11.2. The van der Waals surface area contributed by atoms with E-state index in [1.165, 1.54) is 12.8 Å². The van der Waals surface area contributed by atoms with Crippen LogP contribution in [0.5, 0.6) is 0 Å². The third-order valence-corrected chi connectivity index (χ3v) is 3.39. The largest absolute Gasteiger partial charge is 0.385 e. The summed E-state index contributed by atoms with van der Waals surface area (Å²) >= 11 is 0. The molecule has 92 valence electrons. The molecule has 2 atom stereocenters. The zero-order valence-electron chi connectivity index (χ0n) is 11.2. The molecular formula is C13H29NO. The molecule has 0 aliphatic rings. The van der Waals surface area contributed by atoms with Crippen LogP contribution < -0.4 is 5.32 Å². The van der Waals surface area contributed by atoms with Gasteiger partial charge in [0.25, 0.3) is 0 Å². The van der Waals surface area contributed by atoms with Crippen molar-refractivity contribution >= 4 is 0 Å². The Labute approximate surface area is 95.8 Å². The molecule has 0 saturated heterocycles. The van der Waals surface area contributed by atoms with Gasteiger partial charge in [-0.05, 0) is 24.8 Å². The Morgan fingerprint density at radius 2 is 1.73 bits per heavy atom. The number of hydrogen-bond acceptors (Lipinski definition) is 2. The summed E-state index contributed by atoms with van der Waals surface area (Å²) in [7, 11) is 1.78. The lowest BCUT2D eigenvalue weighted by molar-refractivity contribution is 0.156. The second kappa shape index (κ2) is 9.17. The predicted octanol–water partition coefficient (Wildman–Crippen LogP) is 3.07. The number of ether oxygens (including phenoxy) is 1. The highest BCUT2D eigenvalue weighted by atomic mass is 16.5. The fourth-order valence-corrected chi connectivity index (χ4v) is 2.35. The van der Waals surface area contributed by atoms with E-state index >= 15 is 0 Å². The quantitative estimate of drug-likeness (QED) is 0.638. The van der Waals surface area contributed by atoms with Crippen LogP contribution in [0.4, 0.5) is 0 Å². The van der Waals surface area contributed by atoms with Gasteiger partial charge in [0.15, 0.2) is 0 Å². The Morgan fingerprint density at radius 1 is 1.13 bits per heavy atom. The molecule has 0 bridgehead atoms. The van der Waals surface area contributed by atoms with Gasteiger partial charge in [0.05, 0.1) is 0 Å². The van der Waals surface area contributed by atoms with Crippen LogP contribution in [-0.2, 0) is 4.74 Å². The first-order valence-electron chi connectivity index (χ1n) is 6.43. The van der Waals surface area contributed by atoms with Gasteiger partial charge in [0.1, 0.15) is 0 Å². The van der Waals surface area contributed by atoms with Crippen LogP contribution in [-0.4, -0.2) is 26.3 Å². The first kappa shape index (κ1) is 14.9. The van der Waals surface area contributed by atoms with Gasteiger partial charge in [-0.15, -0.1) is 0 Å². The molecule has 0 radical (unpaired) electrons.